The number of aliphatic hydroxyl groups excluding tert-OH is 3. The first-order chi connectivity index (χ1) is 4.63. The fourth-order valence-electron chi connectivity index (χ4n) is 0.770. The number of hydrogen-bond acceptors (Lipinski definition) is 4. The van der Waals surface area contributed by atoms with Gasteiger partial charge < -0.3 is 15.3 Å². The Hall–Kier alpha value is 0.710. The van der Waals surface area contributed by atoms with Gasteiger partial charge in [0.05, 0.1) is 10.3 Å². The molecule has 1 saturated heterocycles. The van der Waals surface area contributed by atoms with Crippen molar-refractivity contribution < 1.29 is 15.3 Å². The molecule has 1 heterocycles. The molecule has 0 unspecified atom stereocenters. The van der Waals surface area contributed by atoms with Crippen LogP contribution in [0.1, 0.15) is 0 Å². The average molecular weight is 229 g/mol. The second-order valence-corrected chi connectivity index (χ2v) is 5.00. The Balaban J connectivity index is 2.52. The molecule has 1 rings (SSSR count). The third-order valence-corrected chi connectivity index (χ3v) is 3.90. The van der Waals surface area contributed by atoms with Gasteiger partial charge in [-0.3, -0.25) is 0 Å². The minimum absolute atomic E-state index is 0.161. The van der Waals surface area contributed by atoms with Crippen LogP contribution < -0.4 is 0 Å². The van der Waals surface area contributed by atoms with Gasteiger partial charge in [0.15, 0.2) is 0 Å². The second kappa shape index (κ2) is 3.40. The Bertz CT molecular complexity index is 109. The third kappa shape index (κ3) is 1.65. The van der Waals surface area contributed by atoms with E-state index in [2.05, 4.69) is 15.9 Å². The first-order valence-corrected chi connectivity index (χ1v) is 4.89. The first kappa shape index (κ1) is 8.80. The van der Waals surface area contributed by atoms with E-state index < -0.39 is 18.3 Å². The molecule has 1 fully saturated rings. The van der Waals surface area contributed by atoms with Crippen LogP contribution in [-0.4, -0.2) is 43.5 Å². The SMILES string of the molecule is O[C@@H]1[C@@H](O)[C@@H](Br)SC[C@H]1O. The second-order valence-electron chi connectivity index (χ2n) is 2.23. The molecule has 0 spiro atoms. The van der Waals surface area contributed by atoms with E-state index in [0.29, 0.717) is 5.75 Å². The molecule has 0 saturated carbocycles. The molecule has 0 bridgehead atoms. The summed E-state index contributed by atoms with van der Waals surface area (Å²) in [5, 5.41) is 27.2. The van der Waals surface area contributed by atoms with Crippen LogP contribution >= 0.6 is 27.7 Å². The van der Waals surface area contributed by atoms with E-state index in [4.69, 9.17) is 15.3 Å². The van der Waals surface area contributed by atoms with Gasteiger partial charge in [0.2, 0.25) is 0 Å². The largest absolute Gasteiger partial charge is 0.389 e. The summed E-state index contributed by atoms with van der Waals surface area (Å²) < 4.78 is -0.161. The van der Waals surface area contributed by atoms with Gasteiger partial charge in [0, 0.05) is 5.75 Å². The predicted molar refractivity (Wildman–Crippen MR) is 43.2 cm³/mol. The molecule has 4 atom stereocenters. The zero-order valence-electron chi connectivity index (χ0n) is 5.14. The summed E-state index contributed by atoms with van der Waals surface area (Å²) in [7, 11) is 0. The smallest absolute Gasteiger partial charge is 0.108 e. The van der Waals surface area contributed by atoms with Crippen LogP contribution in [0.4, 0.5) is 0 Å². The highest BCUT2D eigenvalue weighted by molar-refractivity contribution is 9.11. The van der Waals surface area contributed by atoms with Gasteiger partial charge in [-0.2, -0.15) is 0 Å². The fourth-order valence-corrected chi connectivity index (χ4v) is 2.48. The van der Waals surface area contributed by atoms with Crippen molar-refractivity contribution in [3.8, 4) is 0 Å². The molecule has 60 valence electrons. The van der Waals surface area contributed by atoms with Gasteiger partial charge in [0.1, 0.15) is 12.2 Å². The molecule has 3 nitrogen and oxygen atoms in total. The number of halogens is 1. The molecule has 3 N–H and O–H groups in total. The Morgan fingerprint density at radius 2 is 1.80 bits per heavy atom. The van der Waals surface area contributed by atoms with E-state index in [-0.39, 0.29) is 4.16 Å². The summed E-state index contributed by atoms with van der Waals surface area (Å²) in [5.74, 6) is 0.466. The van der Waals surface area contributed by atoms with E-state index >= 15 is 0 Å². The van der Waals surface area contributed by atoms with Crippen molar-refractivity contribution in [3.63, 3.8) is 0 Å². The van der Waals surface area contributed by atoms with E-state index in [1.807, 2.05) is 0 Å². The molecular formula is C5H9BrO3S. The molecule has 0 amide bonds. The van der Waals surface area contributed by atoms with Crippen molar-refractivity contribution >= 4 is 27.7 Å². The Morgan fingerprint density at radius 3 is 2.30 bits per heavy atom. The normalized spacial score (nSPS) is 49.2. The van der Waals surface area contributed by atoms with Crippen molar-refractivity contribution in [3.05, 3.63) is 0 Å². The van der Waals surface area contributed by atoms with Gasteiger partial charge in [-0.15, -0.1) is 11.8 Å². The van der Waals surface area contributed by atoms with E-state index in [1.165, 1.54) is 11.8 Å². The summed E-state index contributed by atoms with van der Waals surface area (Å²) in [6.45, 7) is 0. The van der Waals surface area contributed by atoms with Crippen molar-refractivity contribution in [2.24, 2.45) is 0 Å². The molecule has 0 aromatic carbocycles. The molecule has 0 radical (unpaired) electrons. The van der Waals surface area contributed by atoms with Crippen LogP contribution in [0.15, 0.2) is 0 Å². The number of rotatable bonds is 0. The van der Waals surface area contributed by atoms with E-state index in [1.54, 1.807) is 0 Å². The molecule has 1 aliphatic heterocycles. The summed E-state index contributed by atoms with van der Waals surface area (Å²) in [4.78, 5) is 0. The molecule has 1 aliphatic rings. The summed E-state index contributed by atoms with van der Waals surface area (Å²) in [6, 6.07) is 0. The highest BCUT2D eigenvalue weighted by Gasteiger charge is 2.35. The molecule has 0 aromatic heterocycles. The van der Waals surface area contributed by atoms with Crippen LogP contribution in [0, 0.1) is 0 Å². The van der Waals surface area contributed by atoms with Crippen LogP contribution in [0.2, 0.25) is 0 Å². The summed E-state index contributed by atoms with van der Waals surface area (Å²) in [5.41, 5.74) is 0. The topological polar surface area (TPSA) is 60.7 Å². The van der Waals surface area contributed by atoms with E-state index in [0.717, 1.165) is 0 Å². The van der Waals surface area contributed by atoms with Gasteiger partial charge in [-0.1, -0.05) is 15.9 Å². The number of alkyl halides is 1. The van der Waals surface area contributed by atoms with Crippen molar-refractivity contribution in [2.75, 3.05) is 5.75 Å². The van der Waals surface area contributed by atoms with Gasteiger partial charge in [-0.05, 0) is 0 Å². The maximum Gasteiger partial charge on any atom is 0.108 e. The van der Waals surface area contributed by atoms with Crippen LogP contribution in [-0.2, 0) is 0 Å². The van der Waals surface area contributed by atoms with Crippen LogP contribution in [0.25, 0.3) is 0 Å². The number of thioether (sulfide) groups is 1. The highest BCUT2D eigenvalue weighted by atomic mass is 79.9. The molecular weight excluding hydrogens is 220 g/mol. The van der Waals surface area contributed by atoms with Crippen LogP contribution in [0.3, 0.4) is 0 Å². The van der Waals surface area contributed by atoms with Gasteiger partial charge >= 0.3 is 0 Å². The lowest BCUT2D eigenvalue weighted by atomic mass is 10.1. The molecule has 0 aromatic rings. The lowest BCUT2D eigenvalue weighted by Crippen LogP contribution is -2.46. The predicted octanol–water partition coefficient (Wildman–Crippen LogP) is -0.463. The van der Waals surface area contributed by atoms with Crippen molar-refractivity contribution in [2.45, 2.75) is 22.5 Å². The van der Waals surface area contributed by atoms with Crippen molar-refractivity contribution in [1.29, 1.82) is 0 Å². The summed E-state index contributed by atoms with van der Waals surface area (Å²) >= 11 is 4.56. The lowest BCUT2D eigenvalue weighted by Gasteiger charge is -2.31. The quantitative estimate of drug-likeness (QED) is 0.492. The first-order valence-electron chi connectivity index (χ1n) is 2.93. The zero-order chi connectivity index (χ0) is 7.72. The fraction of sp³-hybridized carbons (Fsp3) is 1.00. The minimum Gasteiger partial charge on any atom is -0.389 e. The highest BCUT2D eigenvalue weighted by Crippen LogP contribution is 2.30. The van der Waals surface area contributed by atoms with E-state index in [9.17, 15) is 0 Å². The number of hydrogen-bond donors (Lipinski definition) is 3. The number of aliphatic hydroxyl groups is 3. The Labute approximate surface area is 71.6 Å². The molecule has 5 heteroatoms. The lowest BCUT2D eigenvalue weighted by molar-refractivity contribution is -0.0468. The van der Waals surface area contributed by atoms with Gasteiger partial charge in [0.25, 0.3) is 0 Å². The Kier molecular flexibility index (Phi) is 3.00. The molecule has 10 heavy (non-hydrogen) atoms. The average Bonchev–Trinajstić information content (AvgIpc) is 1.93. The van der Waals surface area contributed by atoms with Gasteiger partial charge in [-0.25, -0.2) is 0 Å². The van der Waals surface area contributed by atoms with Crippen LogP contribution in [0.5, 0.6) is 0 Å². The summed E-state index contributed by atoms with van der Waals surface area (Å²) in [6.07, 6.45) is -2.67. The zero-order valence-corrected chi connectivity index (χ0v) is 7.55. The van der Waals surface area contributed by atoms with Crippen molar-refractivity contribution in [1.82, 2.24) is 0 Å². The Morgan fingerprint density at radius 1 is 1.20 bits per heavy atom. The third-order valence-electron chi connectivity index (χ3n) is 1.44. The maximum atomic E-state index is 9.14. The minimum atomic E-state index is -1.01. The maximum absolute atomic E-state index is 9.14. The monoisotopic (exact) mass is 228 g/mol. The standard InChI is InChI=1S/C5H9BrO3S/c6-5-4(9)3(8)2(7)1-10-5/h2-5,7-9H,1H2/t2-,3+,4-,5+/m1/s1. The molecule has 0 aliphatic carbocycles.